The summed E-state index contributed by atoms with van der Waals surface area (Å²) in [6.07, 6.45) is 0.916. The van der Waals surface area contributed by atoms with Crippen molar-refractivity contribution in [3.8, 4) is 0 Å². The van der Waals surface area contributed by atoms with Crippen LogP contribution in [0.15, 0.2) is 24.3 Å². The normalized spacial score (nSPS) is 10.4. The minimum absolute atomic E-state index is 0.00891. The van der Waals surface area contributed by atoms with Gasteiger partial charge in [0.05, 0.1) is 0 Å². The predicted molar refractivity (Wildman–Crippen MR) is 77.6 cm³/mol. The Hall–Kier alpha value is -1.84. The van der Waals surface area contributed by atoms with Crippen molar-refractivity contribution in [3.05, 3.63) is 29.8 Å². The highest BCUT2D eigenvalue weighted by atomic mass is 16.2. The van der Waals surface area contributed by atoms with Gasteiger partial charge in [0, 0.05) is 23.8 Å². The van der Waals surface area contributed by atoms with Crippen LogP contribution < -0.4 is 5.32 Å². The monoisotopic (exact) mass is 262 g/mol. The van der Waals surface area contributed by atoms with E-state index < -0.39 is 0 Å². The first kappa shape index (κ1) is 15.2. The molecule has 0 aromatic heterocycles. The molecule has 1 N–H and O–H groups in total. The number of benzene rings is 1. The van der Waals surface area contributed by atoms with Crippen molar-refractivity contribution in [2.75, 3.05) is 11.9 Å². The molecule has 0 fully saturated rings. The van der Waals surface area contributed by atoms with Crippen LogP contribution in [0, 0.1) is 0 Å². The summed E-state index contributed by atoms with van der Waals surface area (Å²) in [7, 11) is 0. The molecule has 2 amide bonds. The Morgan fingerprint density at radius 2 is 2.00 bits per heavy atom. The highest BCUT2D eigenvalue weighted by Gasteiger charge is 2.16. The van der Waals surface area contributed by atoms with Crippen LogP contribution in [0.3, 0.4) is 0 Å². The number of amides is 2. The van der Waals surface area contributed by atoms with Gasteiger partial charge in [-0.1, -0.05) is 19.1 Å². The maximum Gasteiger partial charge on any atom is 0.322 e. The van der Waals surface area contributed by atoms with Gasteiger partial charge in [-0.05, 0) is 39.3 Å². The van der Waals surface area contributed by atoms with Gasteiger partial charge >= 0.3 is 6.03 Å². The lowest BCUT2D eigenvalue weighted by Crippen LogP contribution is -2.40. The summed E-state index contributed by atoms with van der Waals surface area (Å²) in [5.41, 5.74) is 1.25. The Bertz CT molecular complexity index is 455. The third kappa shape index (κ3) is 4.39. The summed E-state index contributed by atoms with van der Waals surface area (Å²) in [5.74, 6) is -0.00891. The van der Waals surface area contributed by atoms with E-state index in [1.807, 2.05) is 20.8 Å². The first-order valence-corrected chi connectivity index (χ1v) is 6.64. The van der Waals surface area contributed by atoms with Gasteiger partial charge in [0.1, 0.15) is 0 Å². The van der Waals surface area contributed by atoms with E-state index in [-0.39, 0.29) is 17.9 Å². The van der Waals surface area contributed by atoms with Crippen LogP contribution in [0.4, 0.5) is 10.5 Å². The Labute approximate surface area is 114 Å². The number of Topliss-reactive ketones (excluding diaryl/α,β-unsaturated/α-hetero) is 1. The summed E-state index contributed by atoms with van der Waals surface area (Å²) in [6, 6.07) is 7.02. The number of hydrogen-bond acceptors (Lipinski definition) is 2. The first-order chi connectivity index (χ1) is 8.95. The van der Waals surface area contributed by atoms with E-state index in [0.717, 1.165) is 13.0 Å². The van der Waals surface area contributed by atoms with Crippen LogP contribution in [0.5, 0.6) is 0 Å². The standard InChI is InChI=1S/C15H22N2O2/c1-5-9-17(11(2)3)15(19)16-14-8-6-7-13(10-14)12(4)18/h6-8,10-11H,5,9H2,1-4H3,(H,16,19). The summed E-state index contributed by atoms with van der Waals surface area (Å²) in [4.78, 5) is 25.2. The number of ketones is 1. The van der Waals surface area contributed by atoms with Gasteiger partial charge in [-0.15, -0.1) is 0 Å². The molecule has 0 aliphatic carbocycles. The van der Waals surface area contributed by atoms with Crippen LogP contribution in [-0.2, 0) is 0 Å². The van der Waals surface area contributed by atoms with Crippen molar-refractivity contribution in [2.45, 2.75) is 40.2 Å². The van der Waals surface area contributed by atoms with Crippen LogP contribution in [0.1, 0.15) is 44.5 Å². The molecule has 4 heteroatoms. The Balaban J connectivity index is 2.80. The lowest BCUT2D eigenvalue weighted by Gasteiger charge is -2.26. The zero-order chi connectivity index (χ0) is 14.4. The minimum atomic E-state index is -0.127. The second-order valence-corrected chi connectivity index (χ2v) is 4.85. The molecule has 0 aliphatic rings. The van der Waals surface area contributed by atoms with Crippen molar-refractivity contribution >= 4 is 17.5 Å². The molecule has 0 heterocycles. The molecule has 0 radical (unpaired) electrons. The Kier molecular flexibility index (Phi) is 5.55. The average Bonchev–Trinajstić information content (AvgIpc) is 2.35. The van der Waals surface area contributed by atoms with Crippen LogP contribution in [-0.4, -0.2) is 29.3 Å². The molecular formula is C15H22N2O2. The maximum absolute atomic E-state index is 12.2. The van der Waals surface area contributed by atoms with E-state index in [1.54, 1.807) is 29.2 Å². The number of nitrogens with one attached hydrogen (secondary N) is 1. The molecule has 0 spiro atoms. The molecule has 0 saturated heterocycles. The van der Waals surface area contributed by atoms with Gasteiger partial charge < -0.3 is 10.2 Å². The molecule has 1 aromatic rings. The van der Waals surface area contributed by atoms with E-state index in [1.165, 1.54) is 6.92 Å². The highest BCUT2D eigenvalue weighted by Crippen LogP contribution is 2.13. The SMILES string of the molecule is CCCN(C(=O)Nc1cccc(C(C)=O)c1)C(C)C. The van der Waals surface area contributed by atoms with Crippen LogP contribution >= 0.6 is 0 Å². The fourth-order valence-electron chi connectivity index (χ4n) is 1.85. The molecule has 104 valence electrons. The van der Waals surface area contributed by atoms with Crippen molar-refractivity contribution < 1.29 is 9.59 Å². The molecule has 19 heavy (non-hydrogen) atoms. The fourth-order valence-corrected chi connectivity index (χ4v) is 1.85. The van der Waals surface area contributed by atoms with Crippen LogP contribution in [0.25, 0.3) is 0 Å². The molecule has 0 aliphatic heterocycles. The van der Waals surface area contributed by atoms with Crippen molar-refractivity contribution in [1.29, 1.82) is 0 Å². The lowest BCUT2D eigenvalue weighted by molar-refractivity contribution is 0.101. The third-order valence-corrected chi connectivity index (χ3v) is 2.87. The van der Waals surface area contributed by atoms with Gasteiger partial charge in [-0.2, -0.15) is 0 Å². The number of rotatable bonds is 5. The largest absolute Gasteiger partial charge is 0.322 e. The van der Waals surface area contributed by atoms with E-state index in [9.17, 15) is 9.59 Å². The topological polar surface area (TPSA) is 49.4 Å². The zero-order valence-corrected chi connectivity index (χ0v) is 12.1. The van der Waals surface area contributed by atoms with Gasteiger partial charge in [0.15, 0.2) is 5.78 Å². The number of nitrogens with zero attached hydrogens (tertiary/aromatic N) is 1. The second-order valence-electron chi connectivity index (χ2n) is 4.85. The van der Waals surface area contributed by atoms with Crippen molar-refractivity contribution in [2.24, 2.45) is 0 Å². The van der Waals surface area contributed by atoms with E-state index in [4.69, 9.17) is 0 Å². The van der Waals surface area contributed by atoms with E-state index in [2.05, 4.69) is 5.32 Å². The number of carbonyl (C=O) groups excluding carboxylic acids is 2. The number of urea groups is 1. The Morgan fingerprint density at radius 3 is 2.53 bits per heavy atom. The summed E-state index contributed by atoms with van der Waals surface area (Å²) >= 11 is 0. The zero-order valence-electron chi connectivity index (χ0n) is 12.1. The van der Waals surface area contributed by atoms with Gasteiger partial charge in [-0.25, -0.2) is 4.79 Å². The van der Waals surface area contributed by atoms with E-state index >= 15 is 0 Å². The number of anilines is 1. The molecule has 0 atom stereocenters. The van der Waals surface area contributed by atoms with Crippen molar-refractivity contribution in [1.82, 2.24) is 4.90 Å². The molecule has 0 bridgehead atoms. The first-order valence-electron chi connectivity index (χ1n) is 6.64. The summed E-state index contributed by atoms with van der Waals surface area (Å²) in [5, 5.41) is 2.84. The smallest absolute Gasteiger partial charge is 0.322 e. The van der Waals surface area contributed by atoms with Gasteiger partial charge in [0.2, 0.25) is 0 Å². The number of hydrogen-bond donors (Lipinski definition) is 1. The van der Waals surface area contributed by atoms with Crippen LogP contribution in [0.2, 0.25) is 0 Å². The Morgan fingerprint density at radius 1 is 1.32 bits per heavy atom. The predicted octanol–water partition coefficient (Wildman–Crippen LogP) is 3.54. The molecule has 0 unspecified atom stereocenters. The quantitative estimate of drug-likeness (QED) is 0.825. The molecule has 0 saturated carbocycles. The van der Waals surface area contributed by atoms with Gasteiger partial charge in [-0.3, -0.25) is 4.79 Å². The number of carbonyl (C=O) groups is 2. The molecule has 1 aromatic carbocycles. The minimum Gasteiger partial charge on any atom is -0.322 e. The van der Waals surface area contributed by atoms with Gasteiger partial charge in [0.25, 0.3) is 0 Å². The fraction of sp³-hybridized carbons (Fsp3) is 0.467. The maximum atomic E-state index is 12.2. The molecular weight excluding hydrogens is 240 g/mol. The average molecular weight is 262 g/mol. The lowest BCUT2D eigenvalue weighted by atomic mass is 10.1. The highest BCUT2D eigenvalue weighted by molar-refractivity contribution is 5.96. The molecule has 1 rings (SSSR count). The third-order valence-electron chi connectivity index (χ3n) is 2.87. The summed E-state index contributed by atoms with van der Waals surface area (Å²) < 4.78 is 0. The molecule has 4 nitrogen and oxygen atoms in total. The van der Waals surface area contributed by atoms with Crippen molar-refractivity contribution in [3.63, 3.8) is 0 Å². The summed E-state index contributed by atoms with van der Waals surface area (Å²) in [6.45, 7) is 8.25. The second kappa shape index (κ2) is 6.92. The van der Waals surface area contributed by atoms with E-state index in [0.29, 0.717) is 11.3 Å².